The molecule has 0 aliphatic heterocycles. The number of amides is 1. The number of benzene rings is 1. The number of aryl methyl sites for hydroxylation is 1. The number of furan rings is 1. The van der Waals surface area contributed by atoms with Crippen LogP contribution in [0, 0.1) is 12.8 Å². The first-order valence-electron chi connectivity index (χ1n) is 7.02. The Labute approximate surface area is 119 Å². The van der Waals surface area contributed by atoms with Gasteiger partial charge in [-0.3, -0.25) is 4.79 Å². The number of rotatable bonds is 5. The Kier molecular flexibility index (Phi) is 4.45. The van der Waals surface area contributed by atoms with Gasteiger partial charge >= 0.3 is 0 Å². The number of fused-ring (bicyclic) bond motifs is 1. The van der Waals surface area contributed by atoms with E-state index in [1.54, 1.807) is 0 Å². The molecule has 1 heterocycles. The van der Waals surface area contributed by atoms with Crippen LogP contribution in [0.15, 0.2) is 28.7 Å². The first kappa shape index (κ1) is 14.6. The first-order chi connectivity index (χ1) is 9.54. The summed E-state index contributed by atoms with van der Waals surface area (Å²) in [6.07, 6.45) is 0.336. The molecule has 108 valence electrons. The van der Waals surface area contributed by atoms with Crippen molar-refractivity contribution in [3.8, 4) is 0 Å². The number of hydrogen-bond acceptors (Lipinski definition) is 3. The normalized spacial score (nSPS) is 12.8. The molecule has 0 spiro atoms. The molecule has 1 aromatic heterocycles. The van der Waals surface area contributed by atoms with Gasteiger partial charge in [-0.25, -0.2) is 0 Å². The van der Waals surface area contributed by atoms with E-state index in [0.29, 0.717) is 13.0 Å². The maximum atomic E-state index is 11.8. The first-order valence-corrected chi connectivity index (χ1v) is 7.02. The molecule has 2 aromatic rings. The summed E-state index contributed by atoms with van der Waals surface area (Å²) >= 11 is 0. The highest BCUT2D eigenvalue weighted by atomic mass is 16.3. The molecular weight excluding hydrogens is 252 g/mol. The van der Waals surface area contributed by atoms with Crippen LogP contribution >= 0.6 is 0 Å². The molecule has 1 amide bonds. The molecule has 0 radical (unpaired) electrons. The van der Waals surface area contributed by atoms with E-state index in [1.807, 2.05) is 31.2 Å². The Morgan fingerprint density at radius 2 is 2.05 bits per heavy atom. The zero-order valence-corrected chi connectivity index (χ0v) is 12.3. The Hall–Kier alpha value is -1.81. The third-order valence-electron chi connectivity index (χ3n) is 3.52. The van der Waals surface area contributed by atoms with Crippen LogP contribution in [0.3, 0.4) is 0 Å². The van der Waals surface area contributed by atoms with E-state index in [-0.39, 0.29) is 17.9 Å². The van der Waals surface area contributed by atoms with Crippen LogP contribution in [0.4, 0.5) is 0 Å². The van der Waals surface area contributed by atoms with Gasteiger partial charge in [0.1, 0.15) is 11.3 Å². The molecule has 0 fully saturated rings. The van der Waals surface area contributed by atoms with E-state index < -0.39 is 0 Å². The Morgan fingerprint density at radius 3 is 2.65 bits per heavy atom. The molecule has 4 heteroatoms. The van der Waals surface area contributed by atoms with Gasteiger partial charge in [0.2, 0.25) is 5.91 Å². The van der Waals surface area contributed by atoms with E-state index in [4.69, 9.17) is 10.2 Å². The number of hydrogen-bond donors (Lipinski definition) is 2. The van der Waals surface area contributed by atoms with Gasteiger partial charge in [0.25, 0.3) is 0 Å². The molecule has 0 saturated heterocycles. The van der Waals surface area contributed by atoms with Gasteiger partial charge in [-0.15, -0.1) is 0 Å². The quantitative estimate of drug-likeness (QED) is 0.881. The Bertz CT molecular complexity index is 602. The van der Waals surface area contributed by atoms with E-state index in [1.165, 1.54) is 0 Å². The molecule has 0 saturated carbocycles. The summed E-state index contributed by atoms with van der Waals surface area (Å²) in [5.74, 6) is 1.05. The zero-order valence-electron chi connectivity index (χ0n) is 12.3. The Morgan fingerprint density at radius 1 is 1.35 bits per heavy atom. The predicted octanol–water partition coefficient (Wildman–Crippen LogP) is 2.90. The van der Waals surface area contributed by atoms with E-state index >= 15 is 0 Å². The lowest BCUT2D eigenvalue weighted by atomic mass is 9.98. The second-order valence-corrected chi connectivity index (χ2v) is 5.42. The fraction of sp³-hybridized carbons (Fsp3) is 0.438. The van der Waals surface area contributed by atoms with Crippen LogP contribution in [-0.2, 0) is 4.79 Å². The topological polar surface area (TPSA) is 68.3 Å². The maximum Gasteiger partial charge on any atom is 0.221 e. The molecule has 0 aliphatic rings. The van der Waals surface area contributed by atoms with Crippen molar-refractivity contribution in [1.82, 2.24) is 5.32 Å². The Balaban J connectivity index is 2.36. The number of carbonyl (C=O) groups is 1. The minimum absolute atomic E-state index is 0.0361. The second kappa shape index (κ2) is 6.09. The van der Waals surface area contributed by atoms with Crippen molar-refractivity contribution in [3.05, 3.63) is 35.6 Å². The second-order valence-electron chi connectivity index (χ2n) is 5.42. The largest absolute Gasteiger partial charge is 0.459 e. The molecular formula is C16H22N2O2. The molecule has 3 N–H and O–H groups in total. The monoisotopic (exact) mass is 274 g/mol. The average molecular weight is 274 g/mol. The van der Waals surface area contributed by atoms with Crippen molar-refractivity contribution < 1.29 is 9.21 Å². The SMILES string of the molecule is Cc1c(C(NC(=O)CCN)C(C)C)oc2ccccc12. The van der Waals surface area contributed by atoms with Crippen LogP contribution < -0.4 is 11.1 Å². The summed E-state index contributed by atoms with van der Waals surface area (Å²) in [5, 5.41) is 4.12. The molecule has 1 unspecified atom stereocenters. The fourth-order valence-corrected chi connectivity index (χ4v) is 2.40. The van der Waals surface area contributed by atoms with Crippen molar-refractivity contribution in [3.63, 3.8) is 0 Å². The average Bonchev–Trinajstić information content (AvgIpc) is 2.74. The van der Waals surface area contributed by atoms with E-state index in [0.717, 1.165) is 22.3 Å². The number of carbonyl (C=O) groups excluding carboxylic acids is 1. The standard InChI is InChI=1S/C16H22N2O2/c1-10(2)15(18-14(19)8-9-17)16-11(3)12-6-4-5-7-13(12)20-16/h4-7,10,15H,8-9,17H2,1-3H3,(H,18,19). The summed E-state index contributed by atoms with van der Waals surface area (Å²) in [4.78, 5) is 11.8. The molecule has 0 bridgehead atoms. The van der Waals surface area contributed by atoms with Crippen molar-refractivity contribution in [2.45, 2.75) is 33.2 Å². The summed E-state index contributed by atoms with van der Waals surface area (Å²) in [7, 11) is 0. The lowest BCUT2D eigenvalue weighted by Gasteiger charge is -2.21. The molecule has 1 atom stereocenters. The van der Waals surface area contributed by atoms with Gasteiger partial charge in [-0.2, -0.15) is 0 Å². The minimum Gasteiger partial charge on any atom is -0.459 e. The van der Waals surface area contributed by atoms with Gasteiger partial charge in [-0.1, -0.05) is 32.0 Å². The predicted molar refractivity (Wildman–Crippen MR) is 80.3 cm³/mol. The van der Waals surface area contributed by atoms with Crippen LogP contribution in [0.5, 0.6) is 0 Å². The minimum atomic E-state index is -0.124. The zero-order chi connectivity index (χ0) is 14.7. The molecule has 1 aromatic carbocycles. The highest BCUT2D eigenvalue weighted by molar-refractivity contribution is 5.82. The van der Waals surface area contributed by atoms with Crippen molar-refractivity contribution >= 4 is 16.9 Å². The summed E-state index contributed by atoms with van der Waals surface area (Å²) in [5.41, 5.74) is 7.38. The van der Waals surface area contributed by atoms with Gasteiger partial charge in [0.15, 0.2) is 0 Å². The highest BCUT2D eigenvalue weighted by Crippen LogP contribution is 2.32. The number of nitrogens with two attached hydrogens (primary N) is 1. The molecule has 2 rings (SSSR count). The lowest BCUT2D eigenvalue weighted by molar-refractivity contribution is -0.122. The third-order valence-corrected chi connectivity index (χ3v) is 3.52. The summed E-state index contributed by atoms with van der Waals surface area (Å²) < 4.78 is 5.96. The highest BCUT2D eigenvalue weighted by Gasteiger charge is 2.24. The smallest absolute Gasteiger partial charge is 0.221 e. The van der Waals surface area contributed by atoms with Gasteiger partial charge in [0.05, 0.1) is 6.04 Å². The van der Waals surface area contributed by atoms with Crippen molar-refractivity contribution in [1.29, 1.82) is 0 Å². The summed E-state index contributed by atoms with van der Waals surface area (Å²) in [6, 6.07) is 7.81. The number of nitrogens with one attached hydrogen (secondary N) is 1. The van der Waals surface area contributed by atoms with E-state index in [2.05, 4.69) is 19.2 Å². The van der Waals surface area contributed by atoms with Gasteiger partial charge in [0, 0.05) is 23.9 Å². The van der Waals surface area contributed by atoms with Gasteiger partial charge < -0.3 is 15.5 Å². The summed E-state index contributed by atoms with van der Waals surface area (Å²) in [6.45, 7) is 6.53. The molecule has 4 nitrogen and oxygen atoms in total. The lowest BCUT2D eigenvalue weighted by Crippen LogP contribution is -2.33. The molecule has 0 aliphatic carbocycles. The van der Waals surface area contributed by atoms with Crippen LogP contribution in [0.2, 0.25) is 0 Å². The number of para-hydroxylation sites is 1. The van der Waals surface area contributed by atoms with E-state index in [9.17, 15) is 4.79 Å². The fourth-order valence-electron chi connectivity index (χ4n) is 2.40. The van der Waals surface area contributed by atoms with Gasteiger partial charge in [-0.05, 0) is 18.9 Å². The van der Waals surface area contributed by atoms with Crippen molar-refractivity contribution in [2.75, 3.05) is 6.54 Å². The van der Waals surface area contributed by atoms with Crippen molar-refractivity contribution in [2.24, 2.45) is 11.7 Å². The maximum absolute atomic E-state index is 11.8. The van der Waals surface area contributed by atoms with Crippen LogP contribution in [0.1, 0.15) is 37.6 Å². The van der Waals surface area contributed by atoms with Crippen LogP contribution in [0.25, 0.3) is 11.0 Å². The third kappa shape index (κ3) is 2.85. The van der Waals surface area contributed by atoms with Crippen LogP contribution in [-0.4, -0.2) is 12.5 Å². The molecule has 20 heavy (non-hydrogen) atoms.